The second kappa shape index (κ2) is 4.80. The molecule has 0 amide bonds. The molecule has 2 aromatic rings. The van der Waals surface area contributed by atoms with Crippen molar-refractivity contribution in [2.24, 2.45) is 0 Å². The van der Waals surface area contributed by atoms with E-state index in [9.17, 15) is 0 Å². The molecule has 0 fully saturated rings. The highest BCUT2D eigenvalue weighted by atomic mass is 16.3. The van der Waals surface area contributed by atoms with Crippen molar-refractivity contribution in [1.29, 1.82) is 0 Å². The van der Waals surface area contributed by atoms with Crippen molar-refractivity contribution < 1.29 is 5.11 Å². The van der Waals surface area contributed by atoms with Gasteiger partial charge in [0.1, 0.15) is 0 Å². The number of nitrogens with zero attached hydrogens (tertiary/aromatic N) is 1. The summed E-state index contributed by atoms with van der Waals surface area (Å²) in [4.78, 5) is 0. The van der Waals surface area contributed by atoms with Gasteiger partial charge in [-0.3, -0.25) is 0 Å². The molecular weight excluding hydrogens is 186 g/mol. The van der Waals surface area contributed by atoms with Crippen LogP contribution in [0.5, 0.6) is 0 Å². The number of hydrogen-bond donors (Lipinski definition) is 1. The van der Waals surface area contributed by atoms with Crippen LogP contribution in [0.2, 0.25) is 0 Å². The normalized spacial score (nSPS) is 10.5. The predicted molar refractivity (Wildman–Crippen MR) is 61.6 cm³/mol. The molecule has 78 valence electrons. The van der Waals surface area contributed by atoms with Crippen LogP contribution < -0.4 is 0 Å². The van der Waals surface area contributed by atoms with E-state index in [1.807, 2.05) is 18.2 Å². The first-order valence-electron chi connectivity index (χ1n) is 5.22. The van der Waals surface area contributed by atoms with Crippen molar-refractivity contribution in [2.75, 3.05) is 6.61 Å². The molecule has 0 radical (unpaired) electrons. The zero-order chi connectivity index (χ0) is 10.5. The van der Waals surface area contributed by atoms with Crippen molar-refractivity contribution in [2.45, 2.75) is 13.0 Å². The third-order valence-corrected chi connectivity index (χ3v) is 2.43. The lowest BCUT2D eigenvalue weighted by molar-refractivity contribution is 0.280. The second-order valence-electron chi connectivity index (χ2n) is 3.58. The highest BCUT2D eigenvalue weighted by Crippen LogP contribution is 2.18. The molecule has 15 heavy (non-hydrogen) atoms. The lowest BCUT2D eigenvalue weighted by atomic mass is 10.1. The summed E-state index contributed by atoms with van der Waals surface area (Å²) in [6, 6.07) is 12.4. The van der Waals surface area contributed by atoms with Gasteiger partial charge in [0.2, 0.25) is 0 Å². The highest BCUT2D eigenvalue weighted by Gasteiger charge is 1.98. The number of benzene rings is 1. The van der Waals surface area contributed by atoms with E-state index >= 15 is 0 Å². The number of rotatable bonds is 4. The van der Waals surface area contributed by atoms with E-state index in [1.165, 1.54) is 11.1 Å². The third kappa shape index (κ3) is 2.48. The lowest BCUT2D eigenvalue weighted by Crippen LogP contribution is -1.96. The summed E-state index contributed by atoms with van der Waals surface area (Å²) in [6.45, 7) is 1.13. The summed E-state index contributed by atoms with van der Waals surface area (Å²) >= 11 is 0. The van der Waals surface area contributed by atoms with E-state index < -0.39 is 0 Å². The van der Waals surface area contributed by atoms with E-state index in [-0.39, 0.29) is 6.61 Å². The van der Waals surface area contributed by atoms with Crippen LogP contribution in [0.1, 0.15) is 6.42 Å². The molecule has 0 unspecified atom stereocenters. The van der Waals surface area contributed by atoms with Crippen LogP contribution >= 0.6 is 0 Å². The van der Waals surface area contributed by atoms with Gasteiger partial charge in [0.25, 0.3) is 0 Å². The van der Waals surface area contributed by atoms with Crippen LogP contribution in [-0.2, 0) is 6.54 Å². The second-order valence-corrected chi connectivity index (χ2v) is 3.58. The summed E-state index contributed by atoms with van der Waals surface area (Å²) in [5.41, 5.74) is 2.47. The van der Waals surface area contributed by atoms with Crippen molar-refractivity contribution in [3.63, 3.8) is 0 Å². The summed E-state index contributed by atoms with van der Waals surface area (Å²) in [5.74, 6) is 0. The Hall–Kier alpha value is -1.54. The molecule has 2 heteroatoms. The largest absolute Gasteiger partial charge is 0.396 e. The van der Waals surface area contributed by atoms with Gasteiger partial charge in [-0.25, -0.2) is 0 Å². The fourth-order valence-corrected chi connectivity index (χ4v) is 1.63. The van der Waals surface area contributed by atoms with E-state index in [0.717, 1.165) is 13.0 Å². The Morgan fingerprint density at radius 2 is 1.80 bits per heavy atom. The lowest BCUT2D eigenvalue weighted by Gasteiger charge is -1.99. The maximum Gasteiger partial charge on any atom is 0.0448 e. The Kier molecular flexibility index (Phi) is 3.20. The molecule has 0 aliphatic rings. The quantitative estimate of drug-likeness (QED) is 0.808. The number of aryl methyl sites for hydroxylation is 1. The smallest absolute Gasteiger partial charge is 0.0448 e. The van der Waals surface area contributed by atoms with Gasteiger partial charge in [-0.05, 0) is 23.6 Å². The molecule has 1 N–H and O–H groups in total. The summed E-state index contributed by atoms with van der Waals surface area (Å²) < 4.78 is 2.11. The van der Waals surface area contributed by atoms with Gasteiger partial charge in [-0.2, -0.15) is 0 Å². The molecule has 0 spiro atoms. The molecule has 0 atom stereocenters. The maximum atomic E-state index is 8.74. The van der Waals surface area contributed by atoms with E-state index in [0.29, 0.717) is 0 Å². The Labute approximate surface area is 89.8 Å². The molecule has 0 saturated carbocycles. The molecule has 1 aromatic heterocycles. The fourth-order valence-electron chi connectivity index (χ4n) is 1.63. The first kappa shape index (κ1) is 9.99. The monoisotopic (exact) mass is 201 g/mol. The van der Waals surface area contributed by atoms with Gasteiger partial charge < -0.3 is 9.67 Å². The first-order chi connectivity index (χ1) is 7.40. The summed E-state index contributed by atoms with van der Waals surface area (Å²) in [6.07, 6.45) is 4.98. The third-order valence-electron chi connectivity index (χ3n) is 2.43. The van der Waals surface area contributed by atoms with Gasteiger partial charge in [0.15, 0.2) is 0 Å². The van der Waals surface area contributed by atoms with Gasteiger partial charge in [-0.1, -0.05) is 30.3 Å². The van der Waals surface area contributed by atoms with Gasteiger partial charge >= 0.3 is 0 Å². The Balaban J connectivity index is 2.14. The molecule has 2 rings (SSSR count). The number of hydrogen-bond acceptors (Lipinski definition) is 1. The average molecular weight is 201 g/mol. The maximum absolute atomic E-state index is 8.74. The fraction of sp³-hybridized carbons (Fsp3) is 0.231. The zero-order valence-electron chi connectivity index (χ0n) is 8.63. The van der Waals surface area contributed by atoms with Crippen LogP contribution in [0.25, 0.3) is 11.1 Å². The van der Waals surface area contributed by atoms with Crippen molar-refractivity contribution in [3.8, 4) is 11.1 Å². The predicted octanol–water partition coefficient (Wildman–Crippen LogP) is 2.54. The number of aliphatic hydroxyl groups excluding tert-OH is 1. The number of aromatic nitrogens is 1. The van der Waals surface area contributed by atoms with E-state index in [1.54, 1.807) is 0 Å². The van der Waals surface area contributed by atoms with Crippen molar-refractivity contribution in [1.82, 2.24) is 4.57 Å². The van der Waals surface area contributed by atoms with E-state index in [2.05, 4.69) is 35.2 Å². The first-order valence-corrected chi connectivity index (χ1v) is 5.22. The minimum absolute atomic E-state index is 0.249. The SMILES string of the molecule is OCCCn1ccc(-c2ccccc2)c1. The van der Waals surface area contributed by atoms with Gasteiger partial charge in [-0.15, -0.1) is 0 Å². The Morgan fingerprint density at radius 1 is 1.00 bits per heavy atom. The Morgan fingerprint density at radius 3 is 2.53 bits per heavy atom. The molecule has 1 heterocycles. The summed E-state index contributed by atoms with van der Waals surface area (Å²) in [7, 11) is 0. The summed E-state index contributed by atoms with van der Waals surface area (Å²) in [5, 5.41) is 8.74. The van der Waals surface area contributed by atoms with Crippen LogP contribution in [-0.4, -0.2) is 16.3 Å². The zero-order valence-corrected chi connectivity index (χ0v) is 8.63. The van der Waals surface area contributed by atoms with Crippen LogP contribution in [0.15, 0.2) is 48.8 Å². The highest BCUT2D eigenvalue weighted by molar-refractivity contribution is 5.62. The molecule has 0 saturated heterocycles. The topological polar surface area (TPSA) is 25.2 Å². The van der Waals surface area contributed by atoms with Crippen LogP contribution in [0, 0.1) is 0 Å². The standard InChI is InChI=1S/C13H15NO/c15-10-4-8-14-9-7-13(11-14)12-5-2-1-3-6-12/h1-3,5-7,9,11,15H,4,8,10H2. The molecule has 2 nitrogen and oxygen atoms in total. The molecule has 0 bridgehead atoms. The molecule has 0 aliphatic carbocycles. The van der Waals surface area contributed by atoms with Crippen LogP contribution in [0.4, 0.5) is 0 Å². The Bertz CT molecular complexity index is 405. The van der Waals surface area contributed by atoms with Crippen molar-refractivity contribution in [3.05, 3.63) is 48.8 Å². The molecule has 0 aliphatic heterocycles. The minimum Gasteiger partial charge on any atom is -0.396 e. The minimum atomic E-state index is 0.249. The van der Waals surface area contributed by atoms with Crippen LogP contribution in [0.3, 0.4) is 0 Å². The average Bonchev–Trinajstić information content (AvgIpc) is 2.76. The molecule has 1 aromatic carbocycles. The van der Waals surface area contributed by atoms with Crippen molar-refractivity contribution >= 4 is 0 Å². The van der Waals surface area contributed by atoms with Gasteiger partial charge in [0.05, 0.1) is 0 Å². The van der Waals surface area contributed by atoms with E-state index in [4.69, 9.17) is 5.11 Å². The molecular formula is C13H15NO. The van der Waals surface area contributed by atoms with Gasteiger partial charge in [0, 0.05) is 25.5 Å². The number of aliphatic hydroxyl groups is 1.